The van der Waals surface area contributed by atoms with Crippen LogP contribution in [0.15, 0.2) is 48.5 Å². The van der Waals surface area contributed by atoms with Crippen LogP contribution in [0.25, 0.3) is 0 Å². The highest BCUT2D eigenvalue weighted by Crippen LogP contribution is 2.22. The van der Waals surface area contributed by atoms with Crippen molar-refractivity contribution in [1.29, 1.82) is 0 Å². The molecule has 0 radical (unpaired) electrons. The van der Waals surface area contributed by atoms with E-state index in [0.717, 1.165) is 11.1 Å². The molecule has 0 bridgehead atoms. The SMILES string of the molecule is Cc1ccc(OCc2ccccc2)c(CC(=O)O)c1. The molecule has 0 aliphatic rings. The maximum atomic E-state index is 10.9. The van der Waals surface area contributed by atoms with Gasteiger partial charge in [-0.3, -0.25) is 4.79 Å². The molecule has 0 aliphatic carbocycles. The minimum Gasteiger partial charge on any atom is -0.489 e. The second kappa shape index (κ2) is 6.05. The number of aliphatic carboxylic acids is 1. The number of carboxylic acid groups (broad SMARTS) is 1. The van der Waals surface area contributed by atoms with Gasteiger partial charge in [-0.2, -0.15) is 0 Å². The second-order valence-corrected chi connectivity index (χ2v) is 4.46. The zero-order valence-electron chi connectivity index (χ0n) is 10.8. The summed E-state index contributed by atoms with van der Waals surface area (Å²) in [5.41, 5.74) is 2.80. The summed E-state index contributed by atoms with van der Waals surface area (Å²) in [5, 5.41) is 8.91. The monoisotopic (exact) mass is 256 g/mol. The van der Waals surface area contributed by atoms with Crippen LogP contribution in [-0.2, 0) is 17.8 Å². The van der Waals surface area contributed by atoms with E-state index in [2.05, 4.69) is 0 Å². The summed E-state index contributed by atoms with van der Waals surface area (Å²) >= 11 is 0. The first-order valence-corrected chi connectivity index (χ1v) is 6.13. The lowest BCUT2D eigenvalue weighted by Gasteiger charge is -2.11. The maximum absolute atomic E-state index is 10.9. The third kappa shape index (κ3) is 3.85. The number of hydrogen-bond acceptors (Lipinski definition) is 2. The second-order valence-electron chi connectivity index (χ2n) is 4.46. The van der Waals surface area contributed by atoms with Crippen LogP contribution < -0.4 is 4.74 Å². The molecule has 0 aliphatic heterocycles. The molecular weight excluding hydrogens is 240 g/mol. The molecule has 2 rings (SSSR count). The highest BCUT2D eigenvalue weighted by atomic mass is 16.5. The lowest BCUT2D eigenvalue weighted by Crippen LogP contribution is -2.04. The van der Waals surface area contributed by atoms with Crippen molar-refractivity contribution in [3.8, 4) is 5.75 Å². The van der Waals surface area contributed by atoms with Gasteiger partial charge in [0.05, 0.1) is 6.42 Å². The number of ether oxygens (including phenoxy) is 1. The van der Waals surface area contributed by atoms with E-state index < -0.39 is 5.97 Å². The third-order valence-electron chi connectivity index (χ3n) is 2.79. The van der Waals surface area contributed by atoms with Crippen LogP contribution in [0.3, 0.4) is 0 Å². The first-order chi connectivity index (χ1) is 9.15. The van der Waals surface area contributed by atoms with E-state index >= 15 is 0 Å². The summed E-state index contributed by atoms with van der Waals surface area (Å²) in [6.45, 7) is 2.38. The number of hydrogen-bond donors (Lipinski definition) is 1. The molecule has 1 N–H and O–H groups in total. The molecule has 3 nitrogen and oxygen atoms in total. The Bertz CT molecular complexity index is 561. The molecule has 0 saturated heterocycles. The summed E-state index contributed by atoms with van der Waals surface area (Å²) in [5.74, 6) is -0.216. The van der Waals surface area contributed by atoms with Crippen molar-refractivity contribution >= 4 is 5.97 Å². The Morgan fingerprint density at radius 2 is 1.89 bits per heavy atom. The Labute approximate surface area is 112 Å². The van der Waals surface area contributed by atoms with Gasteiger partial charge < -0.3 is 9.84 Å². The van der Waals surface area contributed by atoms with Gasteiger partial charge in [-0.05, 0) is 18.6 Å². The van der Waals surface area contributed by atoms with Crippen molar-refractivity contribution in [1.82, 2.24) is 0 Å². The summed E-state index contributed by atoms with van der Waals surface area (Å²) in [6, 6.07) is 15.4. The summed E-state index contributed by atoms with van der Waals surface area (Å²) < 4.78 is 5.72. The van der Waals surface area contributed by atoms with Crippen molar-refractivity contribution < 1.29 is 14.6 Å². The molecule has 0 atom stereocenters. The standard InChI is InChI=1S/C16H16O3/c1-12-7-8-15(14(9-12)10-16(17)18)19-11-13-5-3-2-4-6-13/h2-9H,10-11H2,1H3,(H,17,18). The summed E-state index contributed by atoms with van der Waals surface area (Å²) in [6.07, 6.45) is -0.0220. The zero-order chi connectivity index (χ0) is 13.7. The number of aryl methyl sites for hydroxylation is 1. The average molecular weight is 256 g/mol. The smallest absolute Gasteiger partial charge is 0.307 e. The predicted molar refractivity (Wildman–Crippen MR) is 73.3 cm³/mol. The molecule has 0 amide bonds. The van der Waals surface area contributed by atoms with Gasteiger partial charge >= 0.3 is 5.97 Å². The van der Waals surface area contributed by atoms with Crippen molar-refractivity contribution in [2.75, 3.05) is 0 Å². The van der Waals surface area contributed by atoms with Crippen molar-refractivity contribution in [3.05, 3.63) is 65.2 Å². The van der Waals surface area contributed by atoms with Crippen LogP contribution in [-0.4, -0.2) is 11.1 Å². The maximum Gasteiger partial charge on any atom is 0.307 e. The van der Waals surface area contributed by atoms with Gasteiger partial charge in [0.25, 0.3) is 0 Å². The molecule has 0 aromatic heterocycles. The molecule has 0 fully saturated rings. The van der Waals surface area contributed by atoms with Gasteiger partial charge in [-0.25, -0.2) is 0 Å². The quantitative estimate of drug-likeness (QED) is 0.893. The van der Waals surface area contributed by atoms with Gasteiger partial charge in [-0.15, -0.1) is 0 Å². The van der Waals surface area contributed by atoms with Gasteiger partial charge in [-0.1, -0.05) is 48.0 Å². The highest BCUT2D eigenvalue weighted by Gasteiger charge is 2.08. The molecule has 3 heteroatoms. The topological polar surface area (TPSA) is 46.5 Å². The van der Waals surface area contributed by atoms with Crippen molar-refractivity contribution in [3.63, 3.8) is 0 Å². The van der Waals surface area contributed by atoms with E-state index in [-0.39, 0.29) is 6.42 Å². The van der Waals surface area contributed by atoms with Crippen LogP contribution in [0.2, 0.25) is 0 Å². The average Bonchev–Trinajstić information content (AvgIpc) is 2.38. The fourth-order valence-corrected chi connectivity index (χ4v) is 1.89. The number of carbonyl (C=O) groups is 1. The Morgan fingerprint density at radius 3 is 2.58 bits per heavy atom. The summed E-state index contributed by atoms with van der Waals surface area (Å²) in [4.78, 5) is 10.9. The molecule has 0 unspecified atom stereocenters. The van der Waals surface area contributed by atoms with E-state index in [9.17, 15) is 4.79 Å². The minimum absolute atomic E-state index is 0.0220. The van der Waals surface area contributed by atoms with Crippen LogP contribution >= 0.6 is 0 Å². The van der Waals surface area contributed by atoms with E-state index in [1.807, 2.05) is 55.5 Å². The molecule has 0 saturated carbocycles. The van der Waals surface area contributed by atoms with E-state index in [1.165, 1.54) is 0 Å². The lowest BCUT2D eigenvalue weighted by molar-refractivity contribution is -0.136. The van der Waals surface area contributed by atoms with Gasteiger partial charge in [0.1, 0.15) is 12.4 Å². The lowest BCUT2D eigenvalue weighted by atomic mass is 10.1. The fraction of sp³-hybridized carbons (Fsp3) is 0.188. The van der Waals surface area contributed by atoms with Gasteiger partial charge in [0.2, 0.25) is 0 Å². The molecule has 19 heavy (non-hydrogen) atoms. The Hall–Kier alpha value is -2.29. The normalized spacial score (nSPS) is 10.2. The molecule has 0 spiro atoms. The minimum atomic E-state index is -0.852. The van der Waals surface area contributed by atoms with Gasteiger partial charge in [0.15, 0.2) is 0 Å². The molecule has 2 aromatic carbocycles. The Kier molecular flexibility index (Phi) is 4.18. The molecule has 2 aromatic rings. The highest BCUT2D eigenvalue weighted by molar-refractivity contribution is 5.71. The summed E-state index contributed by atoms with van der Waals surface area (Å²) in [7, 11) is 0. The zero-order valence-corrected chi connectivity index (χ0v) is 10.8. The Morgan fingerprint density at radius 1 is 1.16 bits per heavy atom. The molecule has 0 heterocycles. The van der Waals surface area contributed by atoms with E-state index in [1.54, 1.807) is 0 Å². The Balaban J connectivity index is 2.13. The van der Waals surface area contributed by atoms with Crippen LogP contribution in [0, 0.1) is 6.92 Å². The van der Waals surface area contributed by atoms with Crippen LogP contribution in [0.5, 0.6) is 5.75 Å². The van der Waals surface area contributed by atoms with Crippen molar-refractivity contribution in [2.45, 2.75) is 20.0 Å². The largest absolute Gasteiger partial charge is 0.489 e. The first kappa shape index (κ1) is 13.1. The fourth-order valence-electron chi connectivity index (χ4n) is 1.89. The number of carboxylic acids is 1. The van der Waals surface area contributed by atoms with Gasteiger partial charge in [0, 0.05) is 5.56 Å². The molecule has 98 valence electrons. The van der Waals surface area contributed by atoms with Crippen molar-refractivity contribution in [2.24, 2.45) is 0 Å². The molecular formula is C16H16O3. The number of benzene rings is 2. The third-order valence-corrected chi connectivity index (χ3v) is 2.79. The van der Waals surface area contributed by atoms with Crippen LogP contribution in [0.1, 0.15) is 16.7 Å². The first-order valence-electron chi connectivity index (χ1n) is 6.13. The van der Waals surface area contributed by atoms with E-state index in [4.69, 9.17) is 9.84 Å². The van der Waals surface area contributed by atoms with E-state index in [0.29, 0.717) is 17.9 Å². The van der Waals surface area contributed by atoms with Crippen LogP contribution in [0.4, 0.5) is 0 Å². The predicted octanol–water partition coefficient (Wildman–Crippen LogP) is 3.20. The number of rotatable bonds is 5.